The molecule has 82 valence electrons. The molecule has 0 radical (unpaired) electrons. The van der Waals surface area contributed by atoms with Gasteiger partial charge in [0.05, 0.1) is 7.11 Å². The summed E-state index contributed by atoms with van der Waals surface area (Å²) in [6.07, 6.45) is 0.601. The molecule has 0 aliphatic rings. The molecular formula is C11H16N2O2. The number of hydrogen-bond donors (Lipinski definition) is 2. The lowest BCUT2D eigenvalue weighted by Gasteiger charge is -2.13. The number of methoxy groups -OCH3 is 1. The minimum absolute atomic E-state index is 0.255. The predicted molar refractivity (Wildman–Crippen MR) is 59.4 cm³/mol. The largest absolute Gasteiger partial charge is 0.468 e. The molecule has 0 saturated heterocycles. The van der Waals surface area contributed by atoms with E-state index < -0.39 is 0 Å². The van der Waals surface area contributed by atoms with Crippen LogP contribution in [0.1, 0.15) is 5.56 Å². The van der Waals surface area contributed by atoms with E-state index in [-0.39, 0.29) is 12.0 Å². The van der Waals surface area contributed by atoms with E-state index >= 15 is 0 Å². The highest BCUT2D eigenvalue weighted by Crippen LogP contribution is 2.08. The summed E-state index contributed by atoms with van der Waals surface area (Å²) in [6, 6.07) is 7.14. The van der Waals surface area contributed by atoms with Gasteiger partial charge in [0.15, 0.2) is 0 Å². The van der Waals surface area contributed by atoms with Crippen molar-refractivity contribution in [3.05, 3.63) is 29.8 Å². The minimum Gasteiger partial charge on any atom is -0.468 e. The van der Waals surface area contributed by atoms with E-state index in [4.69, 9.17) is 5.73 Å². The number of benzene rings is 1. The zero-order valence-corrected chi connectivity index (χ0v) is 8.99. The van der Waals surface area contributed by atoms with E-state index in [1.54, 1.807) is 7.05 Å². The summed E-state index contributed by atoms with van der Waals surface area (Å²) in [4.78, 5) is 11.3. The third-order valence-electron chi connectivity index (χ3n) is 2.25. The molecule has 0 heterocycles. The van der Waals surface area contributed by atoms with Crippen LogP contribution in [0.15, 0.2) is 24.3 Å². The maximum Gasteiger partial charge on any atom is 0.323 e. The van der Waals surface area contributed by atoms with Crippen LogP contribution < -0.4 is 11.1 Å². The van der Waals surface area contributed by atoms with Gasteiger partial charge in [0.1, 0.15) is 6.04 Å². The maximum absolute atomic E-state index is 11.3. The highest BCUT2D eigenvalue weighted by Gasteiger charge is 2.16. The second-order valence-electron chi connectivity index (χ2n) is 3.31. The number of carbonyl (C=O) groups is 1. The Morgan fingerprint density at radius 1 is 1.47 bits per heavy atom. The number of esters is 1. The van der Waals surface area contributed by atoms with Gasteiger partial charge in [-0.3, -0.25) is 4.79 Å². The van der Waals surface area contributed by atoms with Gasteiger partial charge in [-0.25, -0.2) is 0 Å². The Hall–Kier alpha value is -1.55. The third kappa shape index (κ3) is 3.25. The number of likely N-dealkylation sites (N-methyl/N-ethyl adjacent to an activating group) is 1. The first-order valence-electron chi connectivity index (χ1n) is 4.77. The molecule has 0 aliphatic carbocycles. The van der Waals surface area contributed by atoms with Crippen molar-refractivity contribution in [3.63, 3.8) is 0 Å². The van der Waals surface area contributed by atoms with Gasteiger partial charge in [-0.05, 0) is 31.2 Å². The molecule has 1 aromatic rings. The van der Waals surface area contributed by atoms with Crippen LogP contribution in [0.25, 0.3) is 0 Å². The standard InChI is InChI=1S/C11H16N2O2/c1-13-10(11(14)15-2)7-8-3-5-9(12)6-4-8/h3-6,10,13H,7,12H2,1-2H3/t10-/m0/s1. The first-order chi connectivity index (χ1) is 7.17. The van der Waals surface area contributed by atoms with Gasteiger partial charge in [0, 0.05) is 5.69 Å². The molecule has 1 aromatic carbocycles. The Morgan fingerprint density at radius 3 is 2.53 bits per heavy atom. The molecule has 0 amide bonds. The van der Waals surface area contributed by atoms with Gasteiger partial charge < -0.3 is 15.8 Å². The summed E-state index contributed by atoms with van der Waals surface area (Å²) in [5.41, 5.74) is 7.34. The van der Waals surface area contributed by atoms with Gasteiger partial charge in [-0.2, -0.15) is 0 Å². The second-order valence-corrected chi connectivity index (χ2v) is 3.31. The van der Waals surface area contributed by atoms with Crippen LogP contribution in [-0.4, -0.2) is 26.2 Å². The Kier molecular flexibility index (Phi) is 4.12. The van der Waals surface area contributed by atoms with Gasteiger partial charge >= 0.3 is 5.97 Å². The Balaban J connectivity index is 2.66. The summed E-state index contributed by atoms with van der Waals surface area (Å²) in [6.45, 7) is 0. The number of nitrogen functional groups attached to an aromatic ring is 1. The van der Waals surface area contributed by atoms with E-state index in [1.165, 1.54) is 7.11 Å². The molecule has 0 unspecified atom stereocenters. The summed E-state index contributed by atoms with van der Waals surface area (Å²) in [7, 11) is 3.12. The van der Waals surface area contributed by atoms with Crippen molar-refractivity contribution in [2.24, 2.45) is 0 Å². The quantitative estimate of drug-likeness (QED) is 0.561. The number of ether oxygens (including phenoxy) is 1. The van der Waals surface area contributed by atoms with Crippen LogP contribution in [0.4, 0.5) is 5.69 Å². The van der Waals surface area contributed by atoms with Crippen molar-refractivity contribution in [2.45, 2.75) is 12.5 Å². The molecule has 0 aliphatic heterocycles. The fourth-order valence-corrected chi connectivity index (χ4v) is 1.33. The van der Waals surface area contributed by atoms with Crippen molar-refractivity contribution in [2.75, 3.05) is 19.9 Å². The monoisotopic (exact) mass is 208 g/mol. The fraction of sp³-hybridized carbons (Fsp3) is 0.364. The van der Waals surface area contributed by atoms with Crippen LogP contribution in [0.3, 0.4) is 0 Å². The zero-order chi connectivity index (χ0) is 11.3. The molecule has 0 spiro atoms. The average Bonchev–Trinajstić information content (AvgIpc) is 2.27. The van der Waals surface area contributed by atoms with Crippen molar-refractivity contribution in [1.29, 1.82) is 0 Å². The highest BCUT2D eigenvalue weighted by molar-refractivity contribution is 5.76. The molecule has 0 aromatic heterocycles. The Labute approximate surface area is 89.4 Å². The summed E-state index contributed by atoms with van der Waals surface area (Å²) < 4.78 is 4.67. The van der Waals surface area contributed by atoms with E-state index in [0.717, 1.165) is 11.3 Å². The van der Waals surface area contributed by atoms with Crippen molar-refractivity contribution >= 4 is 11.7 Å². The number of anilines is 1. The summed E-state index contributed by atoms with van der Waals surface area (Å²) in [5, 5.41) is 2.91. The highest BCUT2D eigenvalue weighted by atomic mass is 16.5. The zero-order valence-electron chi connectivity index (χ0n) is 8.99. The van der Waals surface area contributed by atoms with Gasteiger partial charge in [-0.1, -0.05) is 12.1 Å². The molecule has 4 heteroatoms. The van der Waals surface area contributed by atoms with E-state index in [1.807, 2.05) is 24.3 Å². The van der Waals surface area contributed by atoms with Crippen LogP contribution in [0.2, 0.25) is 0 Å². The van der Waals surface area contributed by atoms with Crippen molar-refractivity contribution in [3.8, 4) is 0 Å². The fourth-order valence-electron chi connectivity index (χ4n) is 1.33. The third-order valence-corrected chi connectivity index (χ3v) is 2.25. The Bertz CT molecular complexity index is 322. The van der Waals surface area contributed by atoms with Gasteiger partial charge in [-0.15, -0.1) is 0 Å². The predicted octanol–water partition coefficient (Wildman–Crippen LogP) is 0.572. The normalized spacial score (nSPS) is 12.1. The molecule has 1 atom stereocenters. The Morgan fingerprint density at radius 2 is 2.07 bits per heavy atom. The molecule has 4 nitrogen and oxygen atoms in total. The van der Waals surface area contributed by atoms with Crippen LogP contribution in [0, 0.1) is 0 Å². The molecule has 0 bridgehead atoms. The lowest BCUT2D eigenvalue weighted by molar-refractivity contribution is -0.142. The van der Waals surface area contributed by atoms with Crippen molar-refractivity contribution in [1.82, 2.24) is 5.32 Å². The topological polar surface area (TPSA) is 64.3 Å². The number of nitrogens with two attached hydrogens (primary N) is 1. The maximum atomic E-state index is 11.3. The molecule has 3 N–H and O–H groups in total. The van der Waals surface area contributed by atoms with Crippen LogP contribution in [-0.2, 0) is 16.0 Å². The molecule has 1 rings (SSSR count). The van der Waals surface area contributed by atoms with Gasteiger partial charge in [0.2, 0.25) is 0 Å². The number of nitrogens with one attached hydrogen (secondary N) is 1. The lowest BCUT2D eigenvalue weighted by atomic mass is 10.1. The van der Waals surface area contributed by atoms with E-state index in [0.29, 0.717) is 6.42 Å². The molecule has 0 fully saturated rings. The smallest absolute Gasteiger partial charge is 0.323 e. The molecular weight excluding hydrogens is 192 g/mol. The number of carbonyl (C=O) groups excluding carboxylic acids is 1. The molecule has 15 heavy (non-hydrogen) atoms. The van der Waals surface area contributed by atoms with Crippen molar-refractivity contribution < 1.29 is 9.53 Å². The lowest BCUT2D eigenvalue weighted by Crippen LogP contribution is -2.36. The first-order valence-corrected chi connectivity index (χ1v) is 4.77. The van der Waals surface area contributed by atoms with E-state index in [2.05, 4.69) is 10.1 Å². The molecule has 0 saturated carbocycles. The van der Waals surface area contributed by atoms with Crippen LogP contribution >= 0.6 is 0 Å². The first kappa shape index (κ1) is 11.5. The minimum atomic E-state index is -0.307. The summed E-state index contributed by atoms with van der Waals surface area (Å²) in [5.74, 6) is -0.255. The SMILES string of the molecule is CN[C@@H](Cc1ccc(N)cc1)C(=O)OC. The number of hydrogen-bond acceptors (Lipinski definition) is 4. The average molecular weight is 208 g/mol. The van der Waals surface area contributed by atoms with E-state index in [9.17, 15) is 4.79 Å². The second kappa shape index (κ2) is 5.36. The number of rotatable bonds is 4. The van der Waals surface area contributed by atoms with Gasteiger partial charge in [0.25, 0.3) is 0 Å². The summed E-state index contributed by atoms with van der Waals surface area (Å²) >= 11 is 0. The van der Waals surface area contributed by atoms with Crippen LogP contribution in [0.5, 0.6) is 0 Å².